The number of aryl methyl sites for hydroxylation is 2. The molecule has 1 N–H and O–H groups in total. The van der Waals surface area contributed by atoms with Crippen molar-refractivity contribution in [2.45, 2.75) is 13.5 Å². The maximum atomic E-state index is 10.7. The standard InChI is InChI=1S/C13H13BrN4O3/c1-8-5-10(14)6-9(3-4-12(19)20)13(8)21-7-11-15-17-18(2)16-11/h3-6H,7H2,1-2H3,(H,19,20)/b4-3+. The summed E-state index contributed by atoms with van der Waals surface area (Å²) in [7, 11) is 1.67. The number of aliphatic carboxylic acids is 1. The lowest BCUT2D eigenvalue weighted by atomic mass is 10.1. The number of carboxylic acid groups (broad SMARTS) is 1. The quantitative estimate of drug-likeness (QED) is 0.827. The van der Waals surface area contributed by atoms with Gasteiger partial charge < -0.3 is 9.84 Å². The fourth-order valence-electron chi connectivity index (χ4n) is 1.76. The van der Waals surface area contributed by atoms with Crippen molar-refractivity contribution >= 4 is 28.0 Å². The van der Waals surface area contributed by atoms with Crippen LogP contribution in [0.5, 0.6) is 5.75 Å². The molecule has 0 saturated carbocycles. The van der Waals surface area contributed by atoms with Crippen molar-refractivity contribution in [2.75, 3.05) is 0 Å². The number of ether oxygens (including phenoxy) is 1. The molecule has 21 heavy (non-hydrogen) atoms. The average molecular weight is 353 g/mol. The molecule has 0 unspecified atom stereocenters. The lowest BCUT2D eigenvalue weighted by Crippen LogP contribution is -2.02. The van der Waals surface area contributed by atoms with Crippen LogP contribution in [0.1, 0.15) is 17.0 Å². The number of nitrogens with zero attached hydrogens (tertiary/aromatic N) is 4. The molecular weight excluding hydrogens is 340 g/mol. The summed E-state index contributed by atoms with van der Waals surface area (Å²) in [6, 6.07) is 3.67. The second kappa shape index (κ2) is 6.49. The highest BCUT2D eigenvalue weighted by atomic mass is 79.9. The molecule has 0 amide bonds. The van der Waals surface area contributed by atoms with Crippen LogP contribution in [-0.4, -0.2) is 31.3 Å². The van der Waals surface area contributed by atoms with Gasteiger partial charge >= 0.3 is 5.97 Å². The Morgan fingerprint density at radius 3 is 2.90 bits per heavy atom. The maximum Gasteiger partial charge on any atom is 0.328 e. The monoisotopic (exact) mass is 352 g/mol. The van der Waals surface area contributed by atoms with Crippen LogP contribution >= 0.6 is 15.9 Å². The molecule has 0 aliphatic heterocycles. The highest BCUT2D eigenvalue weighted by Gasteiger charge is 2.09. The van der Waals surface area contributed by atoms with Gasteiger partial charge in [-0.05, 0) is 35.9 Å². The Bertz CT molecular complexity index is 697. The molecule has 0 aliphatic carbocycles. The minimum absolute atomic E-state index is 0.157. The zero-order valence-corrected chi connectivity index (χ0v) is 13.0. The topological polar surface area (TPSA) is 90.1 Å². The van der Waals surface area contributed by atoms with E-state index in [-0.39, 0.29) is 6.61 Å². The summed E-state index contributed by atoms with van der Waals surface area (Å²) in [5, 5.41) is 20.3. The molecule has 7 nitrogen and oxygen atoms in total. The maximum absolute atomic E-state index is 10.7. The number of carbonyl (C=O) groups is 1. The summed E-state index contributed by atoms with van der Waals surface area (Å²) in [4.78, 5) is 12.0. The van der Waals surface area contributed by atoms with Crippen molar-refractivity contribution in [3.8, 4) is 5.75 Å². The molecular formula is C13H13BrN4O3. The van der Waals surface area contributed by atoms with Crippen molar-refractivity contribution in [1.29, 1.82) is 0 Å². The summed E-state index contributed by atoms with van der Waals surface area (Å²) < 4.78 is 6.55. The van der Waals surface area contributed by atoms with Crippen LogP contribution in [0.4, 0.5) is 0 Å². The van der Waals surface area contributed by atoms with E-state index in [9.17, 15) is 4.79 Å². The highest BCUT2D eigenvalue weighted by Crippen LogP contribution is 2.29. The van der Waals surface area contributed by atoms with Gasteiger partial charge in [-0.15, -0.1) is 10.2 Å². The first-order chi connectivity index (χ1) is 9.95. The number of tetrazole rings is 1. The Kier molecular flexibility index (Phi) is 4.69. The second-order valence-electron chi connectivity index (χ2n) is 4.30. The predicted octanol–water partition coefficient (Wildman–Crippen LogP) is 1.96. The van der Waals surface area contributed by atoms with E-state index in [0.717, 1.165) is 16.1 Å². The SMILES string of the molecule is Cc1cc(Br)cc(/C=C/C(=O)O)c1OCc1nnn(C)n1. The van der Waals surface area contributed by atoms with Gasteiger partial charge in [0.25, 0.3) is 0 Å². The van der Waals surface area contributed by atoms with Crippen molar-refractivity contribution in [2.24, 2.45) is 7.05 Å². The van der Waals surface area contributed by atoms with E-state index in [1.807, 2.05) is 13.0 Å². The lowest BCUT2D eigenvalue weighted by Gasteiger charge is -2.11. The number of halogens is 1. The molecule has 1 aromatic carbocycles. The Morgan fingerprint density at radius 1 is 1.52 bits per heavy atom. The van der Waals surface area contributed by atoms with Crippen molar-refractivity contribution < 1.29 is 14.6 Å². The third-order valence-electron chi connectivity index (χ3n) is 2.57. The summed E-state index contributed by atoms with van der Waals surface area (Å²) in [6.07, 6.45) is 2.55. The normalized spacial score (nSPS) is 11.0. The van der Waals surface area contributed by atoms with Gasteiger partial charge in [0.1, 0.15) is 5.75 Å². The van der Waals surface area contributed by atoms with Crippen LogP contribution < -0.4 is 4.74 Å². The number of benzene rings is 1. The molecule has 0 radical (unpaired) electrons. The van der Waals surface area contributed by atoms with E-state index < -0.39 is 5.97 Å². The zero-order chi connectivity index (χ0) is 15.4. The minimum atomic E-state index is -1.02. The van der Waals surface area contributed by atoms with Gasteiger partial charge in [0.2, 0.25) is 5.82 Å². The number of rotatable bonds is 5. The van der Waals surface area contributed by atoms with Crippen LogP contribution in [-0.2, 0) is 18.4 Å². The molecule has 0 aliphatic rings. The van der Waals surface area contributed by atoms with Gasteiger partial charge in [0, 0.05) is 16.1 Å². The first-order valence-electron chi connectivity index (χ1n) is 6.02. The zero-order valence-electron chi connectivity index (χ0n) is 11.4. The van der Waals surface area contributed by atoms with Crippen LogP contribution in [0.25, 0.3) is 6.08 Å². The number of aromatic nitrogens is 4. The van der Waals surface area contributed by atoms with E-state index in [2.05, 4.69) is 31.3 Å². The lowest BCUT2D eigenvalue weighted by molar-refractivity contribution is -0.131. The van der Waals surface area contributed by atoms with Crippen molar-refractivity contribution in [1.82, 2.24) is 20.2 Å². The molecule has 0 atom stereocenters. The van der Waals surface area contributed by atoms with Crippen LogP contribution in [0, 0.1) is 6.92 Å². The molecule has 2 aromatic rings. The Labute approximate surface area is 129 Å². The Hall–Kier alpha value is -2.22. The van der Waals surface area contributed by atoms with E-state index in [1.54, 1.807) is 13.1 Å². The van der Waals surface area contributed by atoms with Gasteiger partial charge in [-0.1, -0.05) is 15.9 Å². The van der Waals surface area contributed by atoms with Crippen LogP contribution in [0.15, 0.2) is 22.7 Å². The molecule has 0 fully saturated rings. The van der Waals surface area contributed by atoms with Crippen molar-refractivity contribution in [3.05, 3.63) is 39.6 Å². The van der Waals surface area contributed by atoms with E-state index in [1.165, 1.54) is 10.9 Å². The van der Waals surface area contributed by atoms with Crippen LogP contribution in [0.3, 0.4) is 0 Å². The molecule has 0 saturated heterocycles. The van der Waals surface area contributed by atoms with Gasteiger partial charge in [-0.3, -0.25) is 0 Å². The second-order valence-corrected chi connectivity index (χ2v) is 5.21. The summed E-state index contributed by atoms with van der Waals surface area (Å²) in [6.45, 7) is 2.03. The molecule has 1 heterocycles. The number of carboxylic acids is 1. The molecule has 8 heteroatoms. The van der Waals surface area contributed by atoms with Gasteiger partial charge in [0.15, 0.2) is 6.61 Å². The molecule has 1 aromatic heterocycles. The van der Waals surface area contributed by atoms with Gasteiger partial charge in [-0.25, -0.2) is 4.79 Å². The fourth-order valence-corrected chi connectivity index (χ4v) is 2.35. The predicted molar refractivity (Wildman–Crippen MR) is 78.7 cm³/mol. The Balaban J connectivity index is 2.26. The van der Waals surface area contributed by atoms with E-state index in [0.29, 0.717) is 17.1 Å². The van der Waals surface area contributed by atoms with E-state index >= 15 is 0 Å². The summed E-state index contributed by atoms with van der Waals surface area (Å²) in [5.74, 6) is 0.0188. The van der Waals surface area contributed by atoms with Crippen molar-refractivity contribution in [3.63, 3.8) is 0 Å². The first-order valence-corrected chi connectivity index (χ1v) is 6.82. The third kappa shape index (κ3) is 4.12. The summed E-state index contributed by atoms with van der Waals surface area (Å²) in [5.41, 5.74) is 1.53. The summed E-state index contributed by atoms with van der Waals surface area (Å²) >= 11 is 3.38. The van der Waals surface area contributed by atoms with Gasteiger partial charge in [-0.2, -0.15) is 4.80 Å². The molecule has 0 spiro atoms. The smallest absolute Gasteiger partial charge is 0.328 e. The van der Waals surface area contributed by atoms with Crippen LogP contribution in [0.2, 0.25) is 0 Å². The van der Waals surface area contributed by atoms with E-state index in [4.69, 9.17) is 9.84 Å². The first kappa shape index (κ1) is 15.2. The highest BCUT2D eigenvalue weighted by molar-refractivity contribution is 9.10. The van der Waals surface area contributed by atoms with Gasteiger partial charge in [0.05, 0.1) is 7.05 Å². The molecule has 2 rings (SSSR count). The minimum Gasteiger partial charge on any atom is -0.485 e. The molecule has 110 valence electrons. The Morgan fingerprint density at radius 2 is 2.29 bits per heavy atom. The largest absolute Gasteiger partial charge is 0.485 e. The number of hydrogen-bond acceptors (Lipinski definition) is 5. The fraction of sp³-hybridized carbons (Fsp3) is 0.231. The molecule has 0 bridgehead atoms. The third-order valence-corrected chi connectivity index (χ3v) is 3.03. The number of hydrogen-bond donors (Lipinski definition) is 1. The average Bonchev–Trinajstić information content (AvgIpc) is 2.80.